The molecule has 0 saturated heterocycles. The molecule has 0 unspecified atom stereocenters. The predicted octanol–water partition coefficient (Wildman–Crippen LogP) is 3.67. The van der Waals surface area contributed by atoms with Gasteiger partial charge in [-0.05, 0) is 39.5 Å². The van der Waals surface area contributed by atoms with Crippen LogP contribution in [0.1, 0.15) is 11.1 Å². The summed E-state index contributed by atoms with van der Waals surface area (Å²) >= 11 is 9.36. The first-order valence-corrected chi connectivity index (χ1v) is 4.59. The third-order valence-corrected chi connectivity index (χ3v) is 3.24. The van der Waals surface area contributed by atoms with Gasteiger partial charge in [-0.15, -0.1) is 0 Å². The van der Waals surface area contributed by atoms with Gasteiger partial charge in [-0.25, -0.2) is 0 Å². The average molecular weight is 230 g/mol. The Balaban J connectivity index is 2.70. The highest BCUT2D eigenvalue weighted by atomic mass is 79.9. The van der Waals surface area contributed by atoms with E-state index in [9.17, 15) is 0 Å². The van der Waals surface area contributed by atoms with Gasteiger partial charge in [-0.3, -0.25) is 0 Å². The van der Waals surface area contributed by atoms with Crippen molar-refractivity contribution in [3.05, 3.63) is 38.8 Å². The maximum absolute atomic E-state index is 5.91. The second kappa shape index (κ2) is 2.65. The van der Waals surface area contributed by atoms with Crippen molar-refractivity contribution >= 4 is 33.6 Å². The molecule has 0 radical (unpaired) electrons. The molecular formula is C9H6BrCl. The summed E-state index contributed by atoms with van der Waals surface area (Å²) in [4.78, 5) is 0. The van der Waals surface area contributed by atoms with Crippen LogP contribution in [0.4, 0.5) is 0 Å². The molecule has 0 spiro atoms. The van der Waals surface area contributed by atoms with E-state index in [1.807, 2.05) is 6.07 Å². The van der Waals surface area contributed by atoms with Gasteiger partial charge in [0.25, 0.3) is 0 Å². The zero-order valence-electron chi connectivity index (χ0n) is 5.77. The second-order valence-electron chi connectivity index (χ2n) is 2.54. The van der Waals surface area contributed by atoms with E-state index in [0.717, 1.165) is 15.9 Å². The minimum atomic E-state index is 0.787. The van der Waals surface area contributed by atoms with E-state index in [-0.39, 0.29) is 0 Å². The van der Waals surface area contributed by atoms with Crippen molar-refractivity contribution in [3.8, 4) is 0 Å². The molecule has 0 N–H and O–H groups in total. The molecule has 0 atom stereocenters. The smallest absolute Gasteiger partial charge is 0.0554 e. The molecule has 0 aliphatic heterocycles. The van der Waals surface area contributed by atoms with E-state index in [1.54, 1.807) is 0 Å². The third-order valence-electron chi connectivity index (χ3n) is 1.85. The monoisotopic (exact) mass is 228 g/mol. The van der Waals surface area contributed by atoms with Crippen LogP contribution in [0.25, 0.3) is 6.08 Å². The standard InChI is InChI=1S/C9H6BrCl/c10-9-7-3-1-2-6(7)4-5-8(9)11/h1,3-5H,2H2. The molecule has 2 heteroatoms. The highest BCUT2D eigenvalue weighted by Gasteiger charge is 2.10. The number of rotatable bonds is 0. The molecule has 11 heavy (non-hydrogen) atoms. The quantitative estimate of drug-likeness (QED) is 0.637. The molecule has 0 amide bonds. The van der Waals surface area contributed by atoms with Crippen LogP contribution in [0.5, 0.6) is 0 Å². The van der Waals surface area contributed by atoms with Crippen LogP contribution < -0.4 is 0 Å². The predicted molar refractivity (Wildman–Crippen MR) is 51.9 cm³/mol. The number of benzene rings is 1. The summed E-state index contributed by atoms with van der Waals surface area (Å²) in [6.45, 7) is 0. The Kier molecular flexibility index (Phi) is 1.78. The Morgan fingerprint density at radius 2 is 2.18 bits per heavy atom. The fourth-order valence-electron chi connectivity index (χ4n) is 1.27. The molecule has 0 nitrogen and oxygen atoms in total. The van der Waals surface area contributed by atoms with Crippen LogP contribution in [0.2, 0.25) is 5.02 Å². The van der Waals surface area contributed by atoms with Crippen molar-refractivity contribution in [2.24, 2.45) is 0 Å². The summed E-state index contributed by atoms with van der Waals surface area (Å²) in [5, 5.41) is 0.787. The molecule has 0 aromatic heterocycles. The van der Waals surface area contributed by atoms with Crippen molar-refractivity contribution in [1.29, 1.82) is 0 Å². The highest BCUT2D eigenvalue weighted by Crippen LogP contribution is 2.33. The van der Waals surface area contributed by atoms with Crippen LogP contribution in [0.15, 0.2) is 22.7 Å². The molecule has 0 fully saturated rings. The summed E-state index contributed by atoms with van der Waals surface area (Å²) in [5.41, 5.74) is 2.58. The van der Waals surface area contributed by atoms with Gasteiger partial charge in [-0.1, -0.05) is 29.8 Å². The minimum absolute atomic E-state index is 0.787. The first kappa shape index (κ1) is 7.38. The zero-order valence-corrected chi connectivity index (χ0v) is 8.11. The van der Waals surface area contributed by atoms with Crippen LogP contribution in [0.3, 0.4) is 0 Å². The van der Waals surface area contributed by atoms with Gasteiger partial charge in [0.15, 0.2) is 0 Å². The molecular weight excluding hydrogens is 223 g/mol. The first-order chi connectivity index (χ1) is 5.29. The van der Waals surface area contributed by atoms with E-state index in [0.29, 0.717) is 0 Å². The molecule has 0 bridgehead atoms. The Labute approximate surface area is 79.0 Å². The van der Waals surface area contributed by atoms with Gasteiger partial charge in [0.05, 0.1) is 5.02 Å². The van der Waals surface area contributed by atoms with Crippen LogP contribution in [-0.4, -0.2) is 0 Å². The Hall–Kier alpha value is -0.270. The summed E-state index contributed by atoms with van der Waals surface area (Å²) in [5.74, 6) is 0. The second-order valence-corrected chi connectivity index (χ2v) is 3.74. The largest absolute Gasteiger partial charge is 0.0831 e. The molecule has 1 aromatic carbocycles. The normalized spacial score (nSPS) is 13.6. The van der Waals surface area contributed by atoms with Crippen molar-refractivity contribution in [3.63, 3.8) is 0 Å². The lowest BCUT2D eigenvalue weighted by molar-refractivity contribution is 1.30. The third kappa shape index (κ3) is 1.13. The fourth-order valence-corrected chi connectivity index (χ4v) is 1.95. The van der Waals surface area contributed by atoms with Crippen LogP contribution in [0, 0.1) is 0 Å². The maximum atomic E-state index is 5.91. The lowest BCUT2D eigenvalue weighted by Crippen LogP contribution is -1.82. The van der Waals surface area contributed by atoms with E-state index in [4.69, 9.17) is 11.6 Å². The van der Waals surface area contributed by atoms with Gasteiger partial charge in [0, 0.05) is 4.47 Å². The van der Waals surface area contributed by atoms with Gasteiger partial charge < -0.3 is 0 Å². The fraction of sp³-hybridized carbons (Fsp3) is 0.111. The van der Waals surface area contributed by atoms with E-state index in [1.165, 1.54) is 11.1 Å². The summed E-state index contributed by atoms with van der Waals surface area (Å²) in [6, 6.07) is 4.00. The van der Waals surface area contributed by atoms with Crippen molar-refractivity contribution in [2.45, 2.75) is 6.42 Å². The van der Waals surface area contributed by atoms with Gasteiger partial charge in [0.2, 0.25) is 0 Å². The summed E-state index contributed by atoms with van der Waals surface area (Å²) in [7, 11) is 0. The van der Waals surface area contributed by atoms with Crippen molar-refractivity contribution < 1.29 is 0 Å². The Bertz CT molecular complexity index is 329. The van der Waals surface area contributed by atoms with E-state index >= 15 is 0 Å². The van der Waals surface area contributed by atoms with Crippen LogP contribution >= 0.6 is 27.5 Å². The lowest BCUT2D eigenvalue weighted by atomic mass is 10.1. The molecule has 1 aliphatic carbocycles. The lowest BCUT2D eigenvalue weighted by Gasteiger charge is -2.02. The minimum Gasteiger partial charge on any atom is -0.0831 e. The van der Waals surface area contributed by atoms with E-state index < -0.39 is 0 Å². The molecule has 0 saturated carbocycles. The highest BCUT2D eigenvalue weighted by molar-refractivity contribution is 9.10. The van der Waals surface area contributed by atoms with Crippen LogP contribution in [-0.2, 0) is 6.42 Å². The SMILES string of the molecule is Clc1ccc2c(c1Br)C=CC2. The van der Waals surface area contributed by atoms with E-state index in [2.05, 4.69) is 34.1 Å². The number of halogens is 2. The van der Waals surface area contributed by atoms with Crippen molar-refractivity contribution in [1.82, 2.24) is 0 Å². The number of allylic oxidation sites excluding steroid dienone is 1. The molecule has 2 rings (SSSR count). The maximum Gasteiger partial charge on any atom is 0.0554 e. The topological polar surface area (TPSA) is 0 Å². The van der Waals surface area contributed by atoms with Gasteiger partial charge in [0.1, 0.15) is 0 Å². The molecule has 56 valence electrons. The number of fused-ring (bicyclic) bond motifs is 1. The summed E-state index contributed by atoms with van der Waals surface area (Å²) < 4.78 is 1.02. The van der Waals surface area contributed by atoms with Gasteiger partial charge in [-0.2, -0.15) is 0 Å². The number of hydrogen-bond acceptors (Lipinski definition) is 0. The number of hydrogen-bond donors (Lipinski definition) is 0. The van der Waals surface area contributed by atoms with Gasteiger partial charge >= 0.3 is 0 Å². The van der Waals surface area contributed by atoms with Crippen molar-refractivity contribution in [2.75, 3.05) is 0 Å². The average Bonchev–Trinajstić information content (AvgIpc) is 2.45. The molecule has 1 aliphatic rings. The first-order valence-electron chi connectivity index (χ1n) is 3.42. The Morgan fingerprint density at radius 3 is 3.00 bits per heavy atom. The Morgan fingerprint density at radius 1 is 1.36 bits per heavy atom. The summed E-state index contributed by atoms with van der Waals surface area (Å²) in [6.07, 6.45) is 5.28. The molecule has 1 aromatic rings. The molecule has 0 heterocycles. The zero-order chi connectivity index (χ0) is 7.84.